The summed E-state index contributed by atoms with van der Waals surface area (Å²) in [4.78, 5) is 23.9. The van der Waals surface area contributed by atoms with Crippen LogP contribution in [0.1, 0.15) is 29.6 Å². The minimum absolute atomic E-state index is 0.0194. The number of nitrogens with one attached hydrogen (secondary N) is 1. The van der Waals surface area contributed by atoms with Gasteiger partial charge in [-0.05, 0) is 53.5 Å². The van der Waals surface area contributed by atoms with Crippen LogP contribution < -0.4 is 5.32 Å². The second-order valence-electron chi connectivity index (χ2n) is 6.05. The molecule has 2 amide bonds. The van der Waals surface area contributed by atoms with Crippen molar-refractivity contribution in [2.24, 2.45) is 10.2 Å². The van der Waals surface area contributed by atoms with Crippen LogP contribution in [-0.4, -0.2) is 44.1 Å². The second kappa shape index (κ2) is 6.34. The van der Waals surface area contributed by atoms with Gasteiger partial charge in [-0.3, -0.25) is 9.59 Å². The lowest BCUT2D eigenvalue weighted by atomic mass is 9.86. The van der Waals surface area contributed by atoms with Crippen molar-refractivity contribution in [3.05, 3.63) is 47.8 Å². The van der Waals surface area contributed by atoms with Gasteiger partial charge in [0, 0.05) is 17.7 Å². The van der Waals surface area contributed by atoms with E-state index >= 15 is 0 Å². The number of benzene rings is 1. The monoisotopic (exact) mass is 337 g/mol. The highest BCUT2D eigenvalue weighted by molar-refractivity contribution is 5.95. The van der Waals surface area contributed by atoms with Crippen LogP contribution in [0, 0.1) is 0 Å². The standard InChI is InChI=1S/C16H15N7O2/c24-15-8-11-6-12(4-5-14(11)19-20-15)18-16(25)10-2-1-3-13(7-10)23-9-17-21-22-23/h1-3,7-9,12,14H,4-6H2,(H,18,25). The number of hydrogen-bond donors (Lipinski definition) is 1. The third kappa shape index (κ3) is 3.21. The summed E-state index contributed by atoms with van der Waals surface area (Å²) in [6, 6.07) is 7.04. The van der Waals surface area contributed by atoms with Gasteiger partial charge in [0.25, 0.3) is 11.8 Å². The quantitative estimate of drug-likeness (QED) is 0.904. The lowest BCUT2D eigenvalue weighted by molar-refractivity contribution is -0.114. The molecular formula is C16H15N7O2. The maximum atomic E-state index is 12.6. The molecule has 126 valence electrons. The lowest BCUT2D eigenvalue weighted by Gasteiger charge is -2.30. The molecule has 2 aromatic rings. The summed E-state index contributed by atoms with van der Waals surface area (Å²) in [7, 11) is 0. The summed E-state index contributed by atoms with van der Waals surface area (Å²) < 4.78 is 1.49. The molecule has 1 aromatic carbocycles. The first-order valence-corrected chi connectivity index (χ1v) is 7.98. The maximum absolute atomic E-state index is 12.6. The van der Waals surface area contributed by atoms with Crippen molar-refractivity contribution in [2.75, 3.05) is 0 Å². The molecule has 25 heavy (non-hydrogen) atoms. The Bertz CT molecular complexity index is 872. The number of azo groups is 1. The van der Waals surface area contributed by atoms with E-state index in [1.54, 1.807) is 18.2 Å². The van der Waals surface area contributed by atoms with Gasteiger partial charge in [-0.25, -0.2) is 4.68 Å². The van der Waals surface area contributed by atoms with E-state index in [1.807, 2.05) is 6.07 Å². The van der Waals surface area contributed by atoms with Crippen LogP contribution in [-0.2, 0) is 4.79 Å². The highest BCUT2D eigenvalue weighted by atomic mass is 16.2. The van der Waals surface area contributed by atoms with Crippen molar-refractivity contribution in [2.45, 2.75) is 31.3 Å². The van der Waals surface area contributed by atoms with Gasteiger partial charge in [-0.15, -0.1) is 10.2 Å². The van der Waals surface area contributed by atoms with E-state index in [0.717, 1.165) is 18.4 Å². The second-order valence-corrected chi connectivity index (χ2v) is 6.05. The molecule has 1 saturated carbocycles. The number of carbonyl (C=O) groups excluding carboxylic acids is 2. The van der Waals surface area contributed by atoms with Crippen molar-refractivity contribution in [1.29, 1.82) is 0 Å². The van der Waals surface area contributed by atoms with Gasteiger partial charge >= 0.3 is 0 Å². The van der Waals surface area contributed by atoms with Gasteiger partial charge in [-0.1, -0.05) is 6.07 Å². The molecule has 0 radical (unpaired) electrons. The zero-order valence-electron chi connectivity index (χ0n) is 13.2. The number of hydrogen-bond acceptors (Lipinski definition) is 6. The summed E-state index contributed by atoms with van der Waals surface area (Å²) >= 11 is 0. The SMILES string of the molecule is O=C1C=C2CC(NC(=O)c3cccc(-n4cnnn4)c3)CCC2N=N1. The highest BCUT2D eigenvalue weighted by Crippen LogP contribution is 2.29. The first kappa shape index (κ1) is 15.3. The fourth-order valence-corrected chi connectivity index (χ4v) is 3.13. The van der Waals surface area contributed by atoms with Crippen LogP contribution in [0.3, 0.4) is 0 Å². The summed E-state index contributed by atoms with van der Waals surface area (Å²) in [5.74, 6) is -0.491. The van der Waals surface area contributed by atoms with Gasteiger partial charge in [0.05, 0.1) is 11.7 Å². The van der Waals surface area contributed by atoms with Crippen LogP contribution >= 0.6 is 0 Å². The molecule has 1 aliphatic carbocycles. The molecule has 9 heteroatoms. The average Bonchev–Trinajstić information content (AvgIpc) is 3.16. The molecule has 2 atom stereocenters. The minimum atomic E-state index is -0.327. The molecule has 2 aliphatic rings. The van der Waals surface area contributed by atoms with Crippen LogP contribution in [0.25, 0.3) is 5.69 Å². The minimum Gasteiger partial charge on any atom is -0.349 e. The highest BCUT2D eigenvalue weighted by Gasteiger charge is 2.29. The Hall–Kier alpha value is -3.23. The van der Waals surface area contributed by atoms with Crippen LogP contribution in [0.5, 0.6) is 0 Å². The van der Waals surface area contributed by atoms with E-state index in [9.17, 15) is 9.59 Å². The molecule has 1 fully saturated rings. The van der Waals surface area contributed by atoms with Crippen molar-refractivity contribution < 1.29 is 9.59 Å². The topological polar surface area (TPSA) is 114 Å². The molecule has 1 aliphatic heterocycles. The molecule has 0 spiro atoms. The molecular weight excluding hydrogens is 322 g/mol. The molecule has 0 saturated heterocycles. The molecule has 2 unspecified atom stereocenters. The smallest absolute Gasteiger partial charge is 0.287 e. The van der Waals surface area contributed by atoms with E-state index in [0.29, 0.717) is 17.7 Å². The zero-order valence-corrected chi connectivity index (χ0v) is 13.2. The predicted molar refractivity (Wildman–Crippen MR) is 86.0 cm³/mol. The van der Waals surface area contributed by atoms with E-state index in [2.05, 4.69) is 31.1 Å². The largest absolute Gasteiger partial charge is 0.349 e. The van der Waals surface area contributed by atoms with Crippen molar-refractivity contribution in [1.82, 2.24) is 25.5 Å². The Morgan fingerprint density at radius 3 is 3.04 bits per heavy atom. The van der Waals surface area contributed by atoms with E-state index < -0.39 is 0 Å². The lowest BCUT2D eigenvalue weighted by Crippen LogP contribution is -2.39. The van der Waals surface area contributed by atoms with E-state index in [-0.39, 0.29) is 23.9 Å². The fraction of sp³-hybridized carbons (Fsp3) is 0.312. The Balaban J connectivity index is 1.46. The Morgan fingerprint density at radius 2 is 2.20 bits per heavy atom. The van der Waals surface area contributed by atoms with E-state index in [4.69, 9.17) is 0 Å². The van der Waals surface area contributed by atoms with Gasteiger partial charge in [0.2, 0.25) is 0 Å². The summed E-state index contributed by atoms with van der Waals surface area (Å²) in [5, 5.41) is 21.6. The van der Waals surface area contributed by atoms with Crippen LogP contribution in [0.15, 0.2) is 52.5 Å². The van der Waals surface area contributed by atoms with Gasteiger partial charge in [0.15, 0.2) is 0 Å². The molecule has 9 nitrogen and oxygen atoms in total. The summed E-state index contributed by atoms with van der Waals surface area (Å²) in [6.07, 6.45) is 5.20. The number of nitrogens with zero attached hydrogens (tertiary/aromatic N) is 6. The molecule has 0 bridgehead atoms. The Morgan fingerprint density at radius 1 is 1.28 bits per heavy atom. The van der Waals surface area contributed by atoms with Gasteiger partial charge in [0.1, 0.15) is 6.33 Å². The van der Waals surface area contributed by atoms with Crippen molar-refractivity contribution in [3.63, 3.8) is 0 Å². The van der Waals surface area contributed by atoms with Gasteiger partial charge < -0.3 is 5.32 Å². The fourth-order valence-electron chi connectivity index (χ4n) is 3.13. The number of tetrazole rings is 1. The third-order valence-electron chi connectivity index (χ3n) is 4.36. The molecule has 1 N–H and O–H groups in total. The molecule has 1 aromatic heterocycles. The number of amides is 2. The van der Waals surface area contributed by atoms with Crippen molar-refractivity contribution in [3.8, 4) is 5.69 Å². The molecule has 2 heterocycles. The van der Waals surface area contributed by atoms with Crippen molar-refractivity contribution >= 4 is 11.8 Å². The van der Waals surface area contributed by atoms with Crippen LogP contribution in [0.4, 0.5) is 0 Å². The number of aromatic nitrogens is 4. The normalized spacial score (nSPS) is 22.2. The average molecular weight is 337 g/mol. The zero-order chi connectivity index (χ0) is 17.2. The van der Waals surface area contributed by atoms with E-state index in [1.165, 1.54) is 17.1 Å². The first-order valence-electron chi connectivity index (χ1n) is 7.98. The third-order valence-corrected chi connectivity index (χ3v) is 4.36. The van der Waals surface area contributed by atoms with Crippen LogP contribution in [0.2, 0.25) is 0 Å². The Labute approximate surface area is 142 Å². The first-order chi connectivity index (χ1) is 12.2. The maximum Gasteiger partial charge on any atom is 0.287 e. The number of fused-ring (bicyclic) bond motifs is 1. The van der Waals surface area contributed by atoms with Gasteiger partial charge in [-0.2, -0.15) is 5.11 Å². The summed E-state index contributed by atoms with van der Waals surface area (Å²) in [6.45, 7) is 0. The Kier molecular flexibility index (Phi) is 3.88. The summed E-state index contributed by atoms with van der Waals surface area (Å²) in [5.41, 5.74) is 2.19. The number of carbonyl (C=O) groups is 2. The predicted octanol–water partition coefficient (Wildman–Crippen LogP) is 1.23. The number of rotatable bonds is 3. The molecule has 4 rings (SSSR count).